The second kappa shape index (κ2) is 9.40. The van der Waals surface area contributed by atoms with E-state index in [1.807, 2.05) is 66.0 Å². The lowest BCUT2D eigenvalue weighted by atomic mass is 10.0. The zero-order valence-corrected chi connectivity index (χ0v) is 17.0. The maximum atomic E-state index is 12.0. The molecule has 144 valence electrons. The minimum atomic E-state index is -0.0791. The zero-order chi connectivity index (χ0) is 19.9. The fraction of sp³-hybridized carbons (Fsp3) is 0.0952. The molecule has 0 bridgehead atoms. The first-order valence-electron chi connectivity index (χ1n) is 8.97. The van der Waals surface area contributed by atoms with Gasteiger partial charge in [-0.2, -0.15) is 0 Å². The Balaban J connectivity index is 1.50. The summed E-state index contributed by atoms with van der Waals surface area (Å²) in [5, 5.41) is 14.5. The summed E-state index contributed by atoms with van der Waals surface area (Å²) < 4.78 is 0. The van der Waals surface area contributed by atoms with Crippen molar-refractivity contribution < 1.29 is 4.79 Å². The van der Waals surface area contributed by atoms with E-state index >= 15 is 0 Å². The molecule has 0 spiro atoms. The third-order valence-corrected chi connectivity index (χ3v) is 5.53. The first-order chi connectivity index (χ1) is 14.3. The highest BCUT2D eigenvalue weighted by Crippen LogP contribution is 2.29. The van der Waals surface area contributed by atoms with Gasteiger partial charge in [-0.05, 0) is 0 Å². The van der Waals surface area contributed by atoms with E-state index in [0.29, 0.717) is 22.5 Å². The van der Waals surface area contributed by atoms with Gasteiger partial charge in [0.15, 0.2) is 5.13 Å². The van der Waals surface area contributed by atoms with Gasteiger partial charge in [-0.3, -0.25) is 4.79 Å². The Morgan fingerprint density at radius 2 is 1.62 bits per heavy atom. The van der Waals surface area contributed by atoms with Crippen molar-refractivity contribution in [1.29, 1.82) is 0 Å². The molecule has 0 aliphatic heterocycles. The number of hydrogen-bond acceptors (Lipinski definition) is 7. The van der Waals surface area contributed by atoms with Crippen molar-refractivity contribution in [2.45, 2.75) is 11.6 Å². The topological polar surface area (TPSA) is 80.7 Å². The monoisotopic (exact) mass is 419 g/mol. The van der Waals surface area contributed by atoms with Gasteiger partial charge in [0.2, 0.25) is 11.1 Å². The van der Waals surface area contributed by atoms with E-state index in [1.165, 1.54) is 23.1 Å². The number of hydrogen-bond donors (Lipinski definition) is 1. The molecule has 4 rings (SSSR count). The SMILES string of the molecule is O=C(CCSc1nnc(-c2ccccc2)c(-c2ccccc2)n1)Nc1nccs1. The van der Waals surface area contributed by atoms with Crippen molar-refractivity contribution in [3.63, 3.8) is 0 Å². The maximum Gasteiger partial charge on any atom is 0.226 e. The van der Waals surface area contributed by atoms with Crippen LogP contribution in [0.5, 0.6) is 0 Å². The predicted molar refractivity (Wildman–Crippen MR) is 117 cm³/mol. The molecule has 0 unspecified atom stereocenters. The summed E-state index contributed by atoms with van der Waals surface area (Å²) in [5.74, 6) is 0.474. The lowest BCUT2D eigenvalue weighted by molar-refractivity contribution is -0.115. The molecule has 1 N–H and O–H groups in total. The molecule has 0 atom stereocenters. The summed E-state index contributed by atoms with van der Waals surface area (Å²) in [5.41, 5.74) is 3.46. The van der Waals surface area contributed by atoms with Gasteiger partial charge in [-0.25, -0.2) is 9.97 Å². The smallest absolute Gasteiger partial charge is 0.226 e. The van der Waals surface area contributed by atoms with Crippen molar-refractivity contribution in [3.05, 3.63) is 72.2 Å². The highest BCUT2D eigenvalue weighted by atomic mass is 32.2. The third-order valence-electron chi connectivity index (χ3n) is 4.00. The molecule has 0 radical (unpaired) electrons. The number of thioether (sulfide) groups is 1. The molecule has 0 saturated heterocycles. The highest BCUT2D eigenvalue weighted by molar-refractivity contribution is 7.99. The average Bonchev–Trinajstić information content (AvgIpc) is 3.28. The van der Waals surface area contributed by atoms with Crippen LogP contribution in [0.25, 0.3) is 22.5 Å². The van der Waals surface area contributed by atoms with E-state index in [0.717, 1.165) is 22.5 Å². The second-order valence-electron chi connectivity index (χ2n) is 6.01. The quantitative estimate of drug-likeness (QED) is 0.434. The molecular formula is C21H17N5OS2. The first-order valence-corrected chi connectivity index (χ1v) is 10.8. The Kier molecular flexibility index (Phi) is 6.23. The number of anilines is 1. The number of rotatable bonds is 7. The zero-order valence-electron chi connectivity index (χ0n) is 15.4. The van der Waals surface area contributed by atoms with Crippen LogP contribution >= 0.6 is 23.1 Å². The number of carbonyl (C=O) groups is 1. The van der Waals surface area contributed by atoms with E-state index in [4.69, 9.17) is 4.98 Å². The van der Waals surface area contributed by atoms with E-state index in [1.54, 1.807) is 6.20 Å². The van der Waals surface area contributed by atoms with Crippen LogP contribution in [-0.4, -0.2) is 31.8 Å². The van der Waals surface area contributed by atoms with E-state index in [9.17, 15) is 4.79 Å². The van der Waals surface area contributed by atoms with Crippen LogP contribution < -0.4 is 5.32 Å². The molecule has 0 aliphatic carbocycles. The molecule has 8 heteroatoms. The summed E-state index contributed by atoms with van der Waals surface area (Å²) in [6, 6.07) is 19.8. The number of aromatic nitrogens is 4. The van der Waals surface area contributed by atoms with Crippen molar-refractivity contribution >= 4 is 34.1 Å². The van der Waals surface area contributed by atoms with Crippen molar-refractivity contribution in [2.75, 3.05) is 11.1 Å². The molecule has 4 aromatic rings. The molecule has 0 fully saturated rings. The lowest BCUT2D eigenvalue weighted by Gasteiger charge is -2.09. The summed E-state index contributed by atoms with van der Waals surface area (Å²) in [4.78, 5) is 20.8. The predicted octanol–water partition coefficient (Wildman–Crippen LogP) is 4.78. The van der Waals surface area contributed by atoms with Crippen molar-refractivity contribution in [1.82, 2.24) is 20.2 Å². The molecule has 1 amide bonds. The highest BCUT2D eigenvalue weighted by Gasteiger charge is 2.14. The first kappa shape index (κ1) is 19.2. The van der Waals surface area contributed by atoms with Crippen LogP contribution in [0.4, 0.5) is 5.13 Å². The molecule has 6 nitrogen and oxygen atoms in total. The maximum absolute atomic E-state index is 12.0. The minimum absolute atomic E-state index is 0.0791. The van der Waals surface area contributed by atoms with E-state index in [-0.39, 0.29) is 5.91 Å². The van der Waals surface area contributed by atoms with Crippen LogP contribution in [0.3, 0.4) is 0 Å². The van der Waals surface area contributed by atoms with Gasteiger partial charge in [0.1, 0.15) is 11.4 Å². The van der Waals surface area contributed by atoms with E-state index < -0.39 is 0 Å². The molecule has 2 aromatic carbocycles. The number of amides is 1. The number of nitrogens with one attached hydrogen (secondary N) is 1. The standard InChI is InChI=1S/C21H17N5OS2/c27-17(23-20-22-12-14-29-20)11-13-28-21-24-18(15-7-3-1-4-8-15)19(25-26-21)16-9-5-2-6-10-16/h1-10,12,14H,11,13H2,(H,22,23,27). The molecule has 29 heavy (non-hydrogen) atoms. The number of thiazole rings is 1. The Morgan fingerprint density at radius 1 is 0.931 bits per heavy atom. The lowest BCUT2D eigenvalue weighted by Crippen LogP contribution is -2.12. The van der Waals surface area contributed by atoms with Gasteiger partial charge in [-0.1, -0.05) is 72.4 Å². The van der Waals surface area contributed by atoms with E-state index in [2.05, 4.69) is 20.5 Å². The van der Waals surface area contributed by atoms with Crippen LogP contribution in [0.15, 0.2) is 77.4 Å². The van der Waals surface area contributed by atoms with Crippen molar-refractivity contribution in [3.8, 4) is 22.5 Å². The fourth-order valence-corrected chi connectivity index (χ4v) is 3.93. The molecule has 0 aliphatic rings. The number of benzene rings is 2. The van der Waals surface area contributed by atoms with Gasteiger partial charge < -0.3 is 5.32 Å². The molecule has 2 heterocycles. The average molecular weight is 420 g/mol. The Morgan fingerprint density at radius 3 is 2.28 bits per heavy atom. The van der Waals surface area contributed by atoms with Gasteiger partial charge in [0, 0.05) is 34.9 Å². The van der Waals surface area contributed by atoms with Gasteiger partial charge >= 0.3 is 0 Å². The fourth-order valence-electron chi connectivity index (χ4n) is 2.66. The number of nitrogens with zero attached hydrogens (tertiary/aromatic N) is 4. The van der Waals surface area contributed by atoms with Gasteiger partial charge in [0.25, 0.3) is 0 Å². The normalized spacial score (nSPS) is 10.6. The van der Waals surface area contributed by atoms with Crippen molar-refractivity contribution in [2.24, 2.45) is 0 Å². The molecule has 0 saturated carbocycles. The molecule has 2 aromatic heterocycles. The van der Waals surface area contributed by atoms with Crippen LogP contribution in [0, 0.1) is 0 Å². The van der Waals surface area contributed by atoms with Crippen LogP contribution in [0.2, 0.25) is 0 Å². The Labute approximate surface area is 176 Å². The Hall–Kier alpha value is -3.10. The van der Waals surface area contributed by atoms with Gasteiger partial charge in [0.05, 0.1) is 0 Å². The Bertz CT molecular complexity index is 1070. The largest absolute Gasteiger partial charge is 0.302 e. The summed E-state index contributed by atoms with van der Waals surface area (Å²) in [6.07, 6.45) is 2.00. The third kappa shape index (κ3) is 5.04. The number of carbonyl (C=O) groups excluding carboxylic acids is 1. The summed E-state index contributed by atoms with van der Waals surface area (Å²) in [6.45, 7) is 0. The van der Waals surface area contributed by atoms with Crippen LogP contribution in [-0.2, 0) is 4.79 Å². The van der Waals surface area contributed by atoms with Crippen LogP contribution in [0.1, 0.15) is 6.42 Å². The minimum Gasteiger partial charge on any atom is -0.302 e. The van der Waals surface area contributed by atoms with Gasteiger partial charge in [-0.15, -0.1) is 21.5 Å². The summed E-state index contributed by atoms with van der Waals surface area (Å²) >= 11 is 2.81. The summed E-state index contributed by atoms with van der Waals surface area (Å²) in [7, 11) is 0. The molecular weight excluding hydrogens is 402 g/mol. The second-order valence-corrected chi connectivity index (χ2v) is 7.96.